The molecule has 5 heteroatoms. The summed E-state index contributed by atoms with van der Waals surface area (Å²) in [5.74, 6) is 1.37. The van der Waals surface area contributed by atoms with Gasteiger partial charge in [0.1, 0.15) is 18.9 Å². The van der Waals surface area contributed by atoms with Crippen molar-refractivity contribution in [3.05, 3.63) is 114 Å². The first-order valence-corrected chi connectivity index (χ1v) is 11.5. The molecule has 1 aliphatic rings. The van der Waals surface area contributed by atoms with E-state index in [1.807, 2.05) is 108 Å². The monoisotopic (exact) mass is 458 g/mol. The lowest BCUT2D eigenvalue weighted by Crippen LogP contribution is -2.15. The fourth-order valence-corrected chi connectivity index (χ4v) is 4.24. The second-order valence-corrected chi connectivity index (χ2v) is 8.33. The van der Waals surface area contributed by atoms with E-state index in [9.17, 15) is 4.79 Å². The minimum Gasteiger partial charge on any atom is -0.486 e. The Bertz CT molecular complexity index is 1570. The summed E-state index contributed by atoms with van der Waals surface area (Å²) in [6, 6.07) is 29.5. The van der Waals surface area contributed by atoms with E-state index in [2.05, 4.69) is 0 Å². The van der Waals surface area contributed by atoms with Gasteiger partial charge < -0.3 is 9.47 Å². The summed E-state index contributed by atoms with van der Waals surface area (Å²) in [5.41, 5.74) is 4.07. The minimum absolute atomic E-state index is 0.0589. The third kappa shape index (κ3) is 4.20. The Morgan fingerprint density at radius 1 is 0.800 bits per heavy atom. The van der Waals surface area contributed by atoms with Crippen molar-refractivity contribution >= 4 is 22.6 Å². The molecule has 2 heterocycles. The lowest BCUT2D eigenvalue weighted by Gasteiger charge is -2.18. The molecule has 0 unspecified atom stereocenters. The third-order valence-electron chi connectivity index (χ3n) is 6.03. The summed E-state index contributed by atoms with van der Waals surface area (Å²) >= 11 is 0. The number of hydrogen-bond acceptors (Lipinski definition) is 4. The average Bonchev–Trinajstić information content (AvgIpc) is 3.36. The number of hydrogen-bond donors (Lipinski definition) is 0. The van der Waals surface area contributed by atoms with Crippen molar-refractivity contribution in [2.45, 2.75) is 0 Å². The molecule has 0 N–H and O–H groups in total. The first-order chi connectivity index (χ1) is 17.2. The Morgan fingerprint density at radius 3 is 2.43 bits per heavy atom. The number of carbonyl (C=O) groups excluding carboxylic acids is 1. The predicted octanol–water partition coefficient (Wildman–Crippen LogP) is 6.36. The van der Waals surface area contributed by atoms with Gasteiger partial charge in [-0.15, -0.1) is 0 Å². The van der Waals surface area contributed by atoms with Crippen LogP contribution in [0.15, 0.2) is 103 Å². The second kappa shape index (κ2) is 8.95. The van der Waals surface area contributed by atoms with E-state index in [0.717, 1.165) is 39.0 Å². The maximum atomic E-state index is 13.0. The summed E-state index contributed by atoms with van der Waals surface area (Å²) in [6.07, 6.45) is 5.37. The molecule has 0 saturated heterocycles. The largest absolute Gasteiger partial charge is 0.486 e. The van der Waals surface area contributed by atoms with Crippen LogP contribution in [0.25, 0.3) is 33.8 Å². The highest BCUT2D eigenvalue weighted by Gasteiger charge is 2.16. The summed E-state index contributed by atoms with van der Waals surface area (Å²) in [6.45, 7) is 1.06. The van der Waals surface area contributed by atoms with Gasteiger partial charge >= 0.3 is 0 Å². The summed E-state index contributed by atoms with van der Waals surface area (Å²) < 4.78 is 13.3. The fraction of sp³-hybridized carbons (Fsp3) is 0.0667. The number of nitrogens with zero attached hydrogens (tertiary/aromatic N) is 2. The topological polar surface area (TPSA) is 53.4 Å². The van der Waals surface area contributed by atoms with Crippen LogP contribution in [0.5, 0.6) is 11.5 Å². The molecule has 1 aliphatic heterocycles. The highest BCUT2D eigenvalue weighted by Crippen LogP contribution is 2.35. The number of allylic oxidation sites excluding steroid dienone is 1. The second-order valence-electron chi connectivity index (χ2n) is 8.33. The molecule has 0 radical (unpaired) electrons. The van der Waals surface area contributed by atoms with Crippen LogP contribution < -0.4 is 9.47 Å². The number of rotatable bonds is 5. The zero-order valence-electron chi connectivity index (χ0n) is 18.9. The first-order valence-electron chi connectivity index (χ1n) is 11.5. The molecule has 0 saturated carbocycles. The van der Waals surface area contributed by atoms with E-state index >= 15 is 0 Å². The smallest absolute Gasteiger partial charge is 0.185 e. The van der Waals surface area contributed by atoms with Crippen LogP contribution in [-0.2, 0) is 0 Å². The van der Waals surface area contributed by atoms with Gasteiger partial charge in [-0.25, -0.2) is 4.68 Å². The van der Waals surface area contributed by atoms with E-state index in [0.29, 0.717) is 24.5 Å². The van der Waals surface area contributed by atoms with Crippen LogP contribution in [0, 0.1) is 0 Å². The average molecular weight is 459 g/mol. The molecule has 0 spiro atoms. The van der Waals surface area contributed by atoms with Crippen molar-refractivity contribution < 1.29 is 14.3 Å². The van der Waals surface area contributed by atoms with Crippen molar-refractivity contribution in [1.29, 1.82) is 0 Å². The quantitative estimate of drug-likeness (QED) is 0.227. The minimum atomic E-state index is -0.0589. The number of ketones is 1. The van der Waals surface area contributed by atoms with Gasteiger partial charge in [-0.05, 0) is 59.3 Å². The summed E-state index contributed by atoms with van der Waals surface area (Å²) in [4.78, 5) is 13.0. The van der Waals surface area contributed by atoms with Gasteiger partial charge in [-0.3, -0.25) is 4.79 Å². The Morgan fingerprint density at radius 2 is 1.57 bits per heavy atom. The van der Waals surface area contributed by atoms with Crippen LogP contribution >= 0.6 is 0 Å². The molecular formula is C30H22N2O3. The Hall–Kier alpha value is -4.64. The van der Waals surface area contributed by atoms with Crippen LogP contribution in [-0.4, -0.2) is 28.8 Å². The highest BCUT2D eigenvalue weighted by atomic mass is 16.6. The molecule has 0 bridgehead atoms. The molecule has 170 valence electrons. The molecule has 0 amide bonds. The van der Waals surface area contributed by atoms with Gasteiger partial charge in [0.25, 0.3) is 0 Å². The fourth-order valence-electron chi connectivity index (χ4n) is 4.24. The van der Waals surface area contributed by atoms with Crippen LogP contribution in [0.2, 0.25) is 0 Å². The predicted molar refractivity (Wildman–Crippen MR) is 137 cm³/mol. The third-order valence-corrected chi connectivity index (χ3v) is 6.03. The molecule has 6 rings (SSSR count). The molecular weight excluding hydrogens is 436 g/mol. The number of benzene rings is 4. The van der Waals surface area contributed by atoms with Crippen molar-refractivity contribution in [2.24, 2.45) is 0 Å². The molecule has 5 nitrogen and oxygen atoms in total. The molecule has 1 aromatic heterocycles. The highest BCUT2D eigenvalue weighted by molar-refractivity contribution is 6.09. The molecule has 0 aliphatic carbocycles. The van der Waals surface area contributed by atoms with Crippen LogP contribution in [0.3, 0.4) is 0 Å². The van der Waals surface area contributed by atoms with Crippen LogP contribution in [0.4, 0.5) is 0 Å². The van der Waals surface area contributed by atoms with Crippen molar-refractivity contribution in [1.82, 2.24) is 9.78 Å². The van der Waals surface area contributed by atoms with Gasteiger partial charge in [0.05, 0.1) is 5.69 Å². The van der Waals surface area contributed by atoms with Crippen LogP contribution in [0.1, 0.15) is 15.9 Å². The lowest BCUT2D eigenvalue weighted by atomic mass is 10.0. The van der Waals surface area contributed by atoms with E-state index in [-0.39, 0.29) is 5.78 Å². The normalized spacial score (nSPS) is 12.8. The molecule has 5 aromatic rings. The van der Waals surface area contributed by atoms with Crippen molar-refractivity contribution in [3.63, 3.8) is 0 Å². The zero-order chi connectivity index (χ0) is 23.6. The van der Waals surface area contributed by atoms with Gasteiger partial charge in [0.15, 0.2) is 17.3 Å². The zero-order valence-corrected chi connectivity index (χ0v) is 18.9. The standard InChI is InChI=1S/C30H22N2O3/c33-27(23-11-10-21-6-4-5-7-22(21)18-23)14-12-25-20-32(26-8-2-1-3-9-26)31-30(25)24-13-15-28-29(19-24)35-17-16-34-28/h1-15,18-20H,16-17H2. The van der Waals surface area contributed by atoms with Crippen molar-refractivity contribution in [2.75, 3.05) is 13.2 Å². The Kier molecular flexibility index (Phi) is 5.35. The lowest BCUT2D eigenvalue weighted by molar-refractivity contribution is 0.104. The maximum absolute atomic E-state index is 13.0. The van der Waals surface area contributed by atoms with Gasteiger partial charge in [-0.2, -0.15) is 5.10 Å². The molecule has 0 atom stereocenters. The van der Waals surface area contributed by atoms with Gasteiger partial charge in [-0.1, -0.05) is 54.6 Å². The van der Waals surface area contributed by atoms with E-state index in [1.165, 1.54) is 0 Å². The summed E-state index contributed by atoms with van der Waals surface area (Å²) in [5, 5.41) is 7.00. The number of fused-ring (bicyclic) bond motifs is 2. The number of carbonyl (C=O) groups is 1. The summed E-state index contributed by atoms with van der Waals surface area (Å²) in [7, 11) is 0. The van der Waals surface area contributed by atoms with E-state index in [4.69, 9.17) is 14.6 Å². The number of ether oxygens (including phenoxy) is 2. The molecule has 4 aromatic carbocycles. The maximum Gasteiger partial charge on any atom is 0.185 e. The van der Waals surface area contributed by atoms with Crippen molar-refractivity contribution in [3.8, 4) is 28.4 Å². The number of para-hydroxylation sites is 1. The Balaban J connectivity index is 1.38. The molecule has 0 fully saturated rings. The van der Waals surface area contributed by atoms with Gasteiger partial charge in [0.2, 0.25) is 0 Å². The van der Waals surface area contributed by atoms with E-state index < -0.39 is 0 Å². The first kappa shape index (κ1) is 20.9. The SMILES string of the molecule is O=C(C=Cc1cn(-c2ccccc2)nc1-c1ccc2c(c1)OCCO2)c1ccc2ccccc2c1. The van der Waals surface area contributed by atoms with Gasteiger partial charge in [0, 0.05) is 22.9 Å². The number of aromatic nitrogens is 2. The molecule has 35 heavy (non-hydrogen) atoms. The van der Waals surface area contributed by atoms with E-state index in [1.54, 1.807) is 6.08 Å². The Labute approximate surface area is 202 Å².